The van der Waals surface area contributed by atoms with Crippen molar-refractivity contribution in [2.75, 3.05) is 19.3 Å². The van der Waals surface area contributed by atoms with E-state index in [0.717, 1.165) is 30.7 Å². The van der Waals surface area contributed by atoms with E-state index in [2.05, 4.69) is 4.98 Å². The van der Waals surface area contributed by atoms with Crippen LogP contribution in [0.15, 0.2) is 45.7 Å². The first-order chi connectivity index (χ1) is 13.7. The summed E-state index contributed by atoms with van der Waals surface area (Å²) in [6.45, 7) is 0.972. The van der Waals surface area contributed by atoms with Gasteiger partial charge in [0.2, 0.25) is 5.89 Å². The number of amides is 1. The van der Waals surface area contributed by atoms with Crippen molar-refractivity contribution < 1.29 is 27.1 Å². The number of benzene rings is 2. The van der Waals surface area contributed by atoms with E-state index in [1.807, 2.05) is 12.1 Å². The van der Waals surface area contributed by atoms with Crippen molar-refractivity contribution in [3.8, 4) is 11.5 Å². The van der Waals surface area contributed by atoms with Crippen molar-refractivity contribution in [2.24, 2.45) is 0 Å². The van der Waals surface area contributed by atoms with Gasteiger partial charge >= 0.3 is 6.09 Å². The number of piperidine rings is 1. The van der Waals surface area contributed by atoms with Gasteiger partial charge in [-0.1, -0.05) is 6.07 Å². The van der Waals surface area contributed by atoms with Gasteiger partial charge in [0.25, 0.3) is 0 Å². The van der Waals surface area contributed by atoms with Gasteiger partial charge in [-0.2, -0.15) is 0 Å². The average molecular weight is 418 g/mol. The molecular formula is C20H19FN2O5S. The largest absolute Gasteiger partial charge is 0.465 e. The van der Waals surface area contributed by atoms with Gasteiger partial charge in [0.1, 0.15) is 11.3 Å². The van der Waals surface area contributed by atoms with Crippen LogP contribution in [0, 0.1) is 5.82 Å². The Balaban J connectivity index is 1.62. The fraction of sp³-hybridized carbons (Fsp3) is 0.300. The van der Waals surface area contributed by atoms with Gasteiger partial charge in [-0.05, 0) is 54.7 Å². The lowest BCUT2D eigenvalue weighted by Crippen LogP contribution is -2.36. The van der Waals surface area contributed by atoms with E-state index in [1.54, 1.807) is 6.07 Å². The number of hydrogen-bond acceptors (Lipinski definition) is 5. The van der Waals surface area contributed by atoms with Crippen LogP contribution in [0.2, 0.25) is 0 Å². The summed E-state index contributed by atoms with van der Waals surface area (Å²) in [5.74, 6) is -0.419. The molecule has 9 heteroatoms. The molecule has 1 N–H and O–H groups in total. The van der Waals surface area contributed by atoms with E-state index in [9.17, 15) is 17.6 Å². The number of carboxylic acid groups (broad SMARTS) is 1. The Morgan fingerprint density at radius 3 is 2.55 bits per heavy atom. The number of oxazole rings is 1. The summed E-state index contributed by atoms with van der Waals surface area (Å²) >= 11 is 0. The minimum atomic E-state index is -3.51. The molecule has 4 rings (SSSR count). The first-order valence-electron chi connectivity index (χ1n) is 9.11. The first-order valence-corrected chi connectivity index (χ1v) is 11.0. The molecule has 1 aliphatic rings. The first kappa shape index (κ1) is 19.4. The average Bonchev–Trinajstić information content (AvgIpc) is 3.10. The summed E-state index contributed by atoms with van der Waals surface area (Å²) < 4.78 is 43.3. The van der Waals surface area contributed by atoms with Crippen molar-refractivity contribution in [1.29, 1.82) is 0 Å². The van der Waals surface area contributed by atoms with Crippen molar-refractivity contribution in [3.63, 3.8) is 0 Å². The summed E-state index contributed by atoms with van der Waals surface area (Å²) in [4.78, 5) is 16.7. The van der Waals surface area contributed by atoms with Crippen LogP contribution in [0.5, 0.6) is 0 Å². The summed E-state index contributed by atoms with van der Waals surface area (Å²) in [6.07, 6.45) is 1.57. The Hall–Kier alpha value is -2.94. The van der Waals surface area contributed by atoms with Crippen LogP contribution in [0.3, 0.4) is 0 Å². The number of rotatable bonds is 3. The van der Waals surface area contributed by atoms with Gasteiger partial charge in [0, 0.05) is 19.3 Å². The van der Waals surface area contributed by atoms with Gasteiger partial charge in [0.05, 0.1) is 10.5 Å². The second-order valence-electron chi connectivity index (χ2n) is 7.20. The van der Waals surface area contributed by atoms with Crippen LogP contribution in [0.1, 0.15) is 24.3 Å². The Kier molecular flexibility index (Phi) is 4.77. The van der Waals surface area contributed by atoms with Gasteiger partial charge < -0.3 is 14.4 Å². The summed E-state index contributed by atoms with van der Waals surface area (Å²) in [7, 11) is -3.51. The molecule has 152 valence electrons. The molecule has 7 nitrogen and oxygen atoms in total. The predicted molar refractivity (Wildman–Crippen MR) is 104 cm³/mol. The number of sulfone groups is 1. The molecule has 1 aliphatic heterocycles. The minimum Gasteiger partial charge on any atom is -0.465 e. The zero-order valence-electron chi connectivity index (χ0n) is 15.6. The van der Waals surface area contributed by atoms with E-state index in [0.29, 0.717) is 24.2 Å². The molecule has 0 unspecified atom stereocenters. The normalized spacial score (nSPS) is 15.7. The Bertz CT molecular complexity index is 1200. The molecule has 2 heterocycles. The van der Waals surface area contributed by atoms with E-state index in [-0.39, 0.29) is 22.3 Å². The molecule has 0 spiro atoms. The second kappa shape index (κ2) is 7.14. The molecular weight excluding hydrogens is 399 g/mol. The molecule has 1 amide bonds. The van der Waals surface area contributed by atoms with Gasteiger partial charge in [-0.15, -0.1) is 0 Å². The molecule has 2 aromatic carbocycles. The smallest absolute Gasteiger partial charge is 0.407 e. The highest BCUT2D eigenvalue weighted by Crippen LogP contribution is 2.32. The van der Waals surface area contributed by atoms with Crippen LogP contribution >= 0.6 is 0 Å². The van der Waals surface area contributed by atoms with Crippen LogP contribution < -0.4 is 0 Å². The highest BCUT2D eigenvalue weighted by molar-refractivity contribution is 7.90. The van der Waals surface area contributed by atoms with Crippen LogP contribution in [0.25, 0.3) is 22.6 Å². The third-order valence-electron chi connectivity index (χ3n) is 5.25. The SMILES string of the molecule is CS(=O)(=O)c1ccc(-c2nc3cc(C4CCN(C(=O)O)CC4)ccc3o2)c(F)c1. The fourth-order valence-electron chi connectivity index (χ4n) is 3.62. The topological polar surface area (TPSA) is 101 Å². The number of carbonyl (C=O) groups is 1. The van der Waals surface area contributed by atoms with Crippen LogP contribution in [-0.4, -0.2) is 48.8 Å². The van der Waals surface area contributed by atoms with Gasteiger partial charge in [-0.3, -0.25) is 0 Å². The lowest BCUT2D eigenvalue weighted by Gasteiger charge is -2.30. The van der Waals surface area contributed by atoms with Crippen molar-refractivity contribution in [3.05, 3.63) is 47.8 Å². The quantitative estimate of drug-likeness (QED) is 0.692. The molecule has 0 saturated carbocycles. The highest BCUT2D eigenvalue weighted by atomic mass is 32.2. The molecule has 1 aromatic heterocycles. The van der Waals surface area contributed by atoms with E-state index >= 15 is 0 Å². The molecule has 1 fully saturated rings. The van der Waals surface area contributed by atoms with Crippen molar-refractivity contribution >= 4 is 27.0 Å². The lowest BCUT2D eigenvalue weighted by molar-refractivity contribution is 0.132. The number of nitrogens with zero attached hydrogens (tertiary/aromatic N) is 2. The third kappa shape index (κ3) is 3.82. The fourth-order valence-corrected chi connectivity index (χ4v) is 4.25. The zero-order chi connectivity index (χ0) is 20.8. The molecule has 0 radical (unpaired) electrons. The maximum Gasteiger partial charge on any atom is 0.407 e. The molecule has 0 aliphatic carbocycles. The lowest BCUT2D eigenvalue weighted by atomic mass is 9.89. The molecule has 3 aromatic rings. The second-order valence-corrected chi connectivity index (χ2v) is 9.22. The molecule has 1 saturated heterocycles. The van der Waals surface area contributed by atoms with Gasteiger partial charge in [0.15, 0.2) is 15.4 Å². The summed E-state index contributed by atoms with van der Waals surface area (Å²) in [5.41, 5.74) is 2.20. The Morgan fingerprint density at radius 1 is 1.21 bits per heavy atom. The minimum absolute atomic E-state index is 0.0791. The predicted octanol–water partition coefficient (Wildman–Crippen LogP) is 3.89. The third-order valence-corrected chi connectivity index (χ3v) is 6.36. The maximum absolute atomic E-state index is 14.4. The Morgan fingerprint density at radius 2 is 1.93 bits per heavy atom. The Labute approximate surface area is 166 Å². The van der Waals surface area contributed by atoms with E-state index in [4.69, 9.17) is 9.52 Å². The van der Waals surface area contributed by atoms with E-state index < -0.39 is 21.7 Å². The molecule has 0 bridgehead atoms. The van der Waals surface area contributed by atoms with Crippen LogP contribution in [0.4, 0.5) is 9.18 Å². The monoisotopic (exact) mass is 418 g/mol. The number of halogens is 1. The zero-order valence-corrected chi connectivity index (χ0v) is 16.4. The number of likely N-dealkylation sites (tertiary alicyclic amines) is 1. The highest BCUT2D eigenvalue weighted by Gasteiger charge is 2.24. The number of fused-ring (bicyclic) bond motifs is 1. The van der Waals surface area contributed by atoms with E-state index in [1.165, 1.54) is 17.0 Å². The maximum atomic E-state index is 14.4. The van der Waals surface area contributed by atoms with Crippen molar-refractivity contribution in [1.82, 2.24) is 9.88 Å². The van der Waals surface area contributed by atoms with Gasteiger partial charge in [-0.25, -0.2) is 22.6 Å². The number of aromatic nitrogens is 1. The molecule has 0 atom stereocenters. The molecule has 29 heavy (non-hydrogen) atoms. The summed E-state index contributed by atoms with van der Waals surface area (Å²) in [5, 5.41) is 9.07. The summed E-state index contributed by atoms with van der Waals surface area (Å²) in [6, 6.07) is 9.20. The van der Waals surface area contributed by atoms with Crippen molar-refractivity contribution in [2.45, 2.75) is 23.7 Å². The number of hydrogen-bond donors (Lipinski definition) is 1. The van der Waals surface area contributed by atoms with Crippen LogP contribution in [-0.2, 0) is 9.84 Å². The standard InChI is InChI=1S/C20H19FN2O5S/c1-29(26,27)14-3-4-15(16(21)11-14)19-22-17-10-13(2-5-18(17)28-19)12-6-8-23(9-7-12)20(24)25/h2-5,10-12H,6-9H2,1H3,(H,24,25).